The number of nitrogens with two attached hydrogens (primary N) is 1. The van der Waals surface area contributed by atoms with Crippen LogP contribution >= 0.6 is 0 Å². The van der Waals surface area contributed by atoms with Gasteiger partial charge < -0.3 is 21.5 Å². The summed E-state index contributed by atoms with van der Waals surface area (Å²) in [5.74, 6) is 1.08. The molecule has 1 atom stereocenters. The molecule has 0 bridgehead atoms. The monoisotopic (exact) mass is 457 g/mol. The highest BCUT2D eigenvalue weighted by Gasteiger charge is 2.15. The first-order valence-electron chi connectivity index (χ1n) is 11.0. The van der Waals surface area contributed by atoms with Crippen LogP contribution in [-0.4, -0.2) is 44.5 Å². The quantitative estimate of drug-likeness (QED) is 0.316. The van der Waals surface area contributed by atoms with E-state index in [1.54, 1.807) is 31.6 Å². The van der Waals surface area contributed by atoms with Crippen molar-refractivity contribution in [2.75, 3.05) is 24.6 Å². The van der Waals surface area contributed by atoms with Crippen LogP contribution in [0.3, 0.4) is 0 Å². The lowest BCUT2D eigenvalue weighted by Crippen LogP contribution is -2.18. The van der Waals surface area contributed by atoms with E-state index in [0.717, 1.165) is 28.5 Å². The lowest BCUT2D eigenvalue weighted by molar-refractivity contribution is 0.0964. The van der Waals surface area contributed by atoms with Crippen molar-refractivity contribution in [1.29, 1.82) is 0 Å². The van der Waals surface area contributed by atoms with Gasteiger partial charge in [-0.1, -0.05) is 25.1 Å². The number of aromatic nitrogens is 4. The molecule has 34 heavy (non-hydrogen) atoms. The number of aliphatic hydroxyl groups is 1. The number of carbonyl (C=O) groups excluding carboxylic acids is 1. The first-order valence-corrected chi connectivity index (χ1v) is 11.0. The molecular formula is C25H27N7O2. The van der Waals surface area contributed by atoms with Crippen LogP contribution in [-0.2, 0) is 6.61 Å². The van der Waals surface area contributed by atoms with E-state index in [0.29, 0.717) is 35.0 Å². The number of anilines is 2. The zero-order chi connectivity index (χ0) is 24.1. The van der Waals surface area contributed by atoms with Crippen molar-refractivity contribution in [1.82, 2.24) is 25.3 Å². The van der Waals surface area contributed by atoms with Gasteiger partial charge in [-0.2, -0.15) is 0 Å². The molecule has 0 saturated carbocycles. The van der Waals surface area contributed by atoms with Gasteiger partial charge >= 0.3 is 0 Å². The molecule has 9 heteroatoms. The fraction of sp³-hybridized carbons (Fsp3) is 0.240. The molecule has 0 spiro atoms. The van der Waals surface area contributed by atoms with E-state index < -0.39 is 0 Å². The number of nitrogens with one attached hydrogen (secondary N) is 2. The Labute approximate surface area is 197 Å². The number of rotatable bonds is 8. The predicted octanol–water partition coefficient (Wildman–Crippen LogP) is 3.13. The van der Waals surface area contributed by atoms with Crippen LogP contribution in [0.5, 0.6) is 0 Å². The maximum absolute atomic E-state index is 12.2. The molecule has 0 aliphatic heterocycles. The zero-order valence-corrected chi connectivity index (χ0v) is 19.1. The van der Waals surface area contributed by atoms with Gasteiger partial charge in [-0.25, -0.2) is 15.0 Å². The van der Waals surface area contributed by atoms with Crippen LogP contribution < -0.4 is 16.4 Å². The van der Waals surface area contributed by atoms with Crippen LogP contribution in [0.15, 0.2) is 55.1 Å². The number of hydrogen-bond acceptors (Lipinski definition) is 8. The van der Waals surface area contributed by atoms with Crippen molar-refractivity contribution < 1.29 is 9.90 Å². The lowest BCUT2D eigenvalue weighted by Gasteiger charge is -2.16. The highest BCUT2D eigenvalue weighted by atomic mass is 16.3. The summed E-state index contributed by atoms with van der Waals surface area (Å²) in [5, 5.41) is 16.3. The van der Waals surface area contributed by atoms with Crippen LogP contribution in [0.2, 0.25) is 0 Å². The molecule has 0 aliphatic carbocycles. The third-order valence-electron chi connectivity index (χ3n) is 5.82. The SMILES string of the molecule is CNC(=O)c1ccnc2c(C(C)CCNc3cc(-c4cnc(N)c(CO)c4)ncn3)cccc12. The number of fused-ring (bicyclic) bond motifs is 1. The molecule has 0 saturated heterocycles. The number of hydrogen-bond donors (Lipinski definition) is 4. The zero-order valence-electron chi connectivity index (χ0n) is 19.1. The van der Waals surface area contributed by atoms with E-state index in [1.165, 1.54) is 6.33 Å². The Hall–Kier alpha value is -4.11. The van der Waals surface area contributed by atoms with E-state index in [2.05, 4.69) is 43.6 Å². The Morgan fingerprint density at radius 1 is 1.15 bits per heavy atom. The molecule has 4 rings (SSSR count). The number of aliphatic hydroxyl groups excluding tert-OH is 1. The van der Waals surface area contributed by atoms with E-state index in [9.17, 15) is 9.90 Å². The largest absolute Gasteiger partial charge is 0.392 e. The van der Waals surface area contributed by atoms with E-state index in [4.69, 9.17) is 5.73 Å². The molecule has 1 amide bonds. The molecule has 1 aromatic carbocycles. The average Bonchev–Trinajstić information content (AvgIpc) is 2.87. The number of nitrogen functional groups attached to an aromatic ring is 1. The second-order valence-corrected chi connectivity index (χ2v) is 8.01. The second kappa shape index (κ2) is 10.2. The average molecular weight is 458 g/mol. The number of amides is 1. The van der Waals surface area contributed by atoms with Crippen LogP contribution in [0, 0.1) is 0 Å². The first-order chi connectivity index (χ1) is 16.5. The maximum atomic E-state index is 12.2. The fourth-order valence-corrected chi connectivity index (χ4v) is 3.90. The molecule has 3 heterocycles. The van der Waals surface area contributed by atoms with Gasteiger partial charge in [0.2, 0.25) is 0 Å². The van der Waals surface area contributed by atoms with Gasteiger partial charge in [-0.3, -0.25) is 9.78 Å². The van der Waals surface area contributed by atoms with E-state index >= 15 is 0 Å². The number of benzene rings is 1. The van der Waals surface area contributed by atoms with Gasteiger partial charge in [-0.15, -0.1) is 0 Å². The minimum absolute atomic E-state index is 0.124. The summed E-state index contributed by atoms with van der Waals surface area (Å²) in [7, 11) is 1.63. The minimum Gasteiger partial charge on any atom is -0.392 e. The summed E-state index contributed by atoms with van der Waals surface area (Å²) in [5.41, 5.74) is 10.3. The summed E-state index contributed by atoms with van der Waals surface area (Å²) in [6.45, 7) is 2.64. The molecule has 0 radical (unpaired) electrons. The Morgan fingerprint density at radius 2 is 2.00 bits per heavy atom. The molecule has 3 aromatic heterocycles. The third kappa shape index (κ3) is 4.79. The van der Waals surface area contributed by atoms with Crippen molar-refractivity contribution in [3.05, 3.63) is 71.8 Å². The summed E-state index contributed by atoms with van der Waals surface area (Å²) >= 11 is 0. The molecular weight excluding hydrogens is 430 g/mol. The Kier molecular flexibility index (Phi) is 6.93. The summed E-state index contributed by atoms with van der Waals surface area (Å²) < 4.78 is 0. The van der Waals surface area contributed by atoms with Gasteiger partial charge in [0.25, 0.3) is 5.91 Å². The molecule has 0 aliphatic rings. The van der Waals surface area contributed by atoms with E-state index in [1.807, 2.05) is 18.2 Å². The van der Waals surface area contributed by atoms with Crippen molar-refractivity contribution in [2.24, 2.45) is 0 Å². The smallest absolute Gasteiger partial charge is 0.251 e. The number of carbonyl (C=O) groups is 1. The normalized spacial score (nSPS) is 11.9. The van der Waals surface area contributed by atoms with Gasteiger partial charge in [-0.05, 0) is 30.0 Å². The third-order valence-corrected chi connectivity index (χ3v) is 5.82. The van der Waals surface area contributed by atoms with Gasteiger partial charge in [0.1, 0.15) is 18.0 Å². The Bertz CT molecular complexity index is 1330. The number of pyridine rings is 2. The topological polar surface area (TPSA) is 139 Å². The molecule has 174 valence electrons. The summed E-state index contributed by atoms with van der Waals surface area (Å²) in [4.78, 5) is 29.5. The molecule has 9 nitrogen and oxygen atoms in total. The Morgan fingerprint density at radius 3 is 2.79 bits per heavy atom. The molecule has 0 fully saturated rings. The number of nitrogens with zero attached hydrogens (tertiary/aromatic N) is 4. The lowest BCUT2D eigenvalue weighted by atomic mass is 9.94. The summed E-state index contributed by atoms with van der Waals surface area (Å²) in [6, 6.07) is 11.3. The van der Waals surface area contributed by atoms with Gasteiger partial charge in [0, 0.05) is 48.6 Å². The summed E-state index contributed by atoms with van der Waals surface area (Å²) in [6.07, 6.45) is 5.63. The minimum atomic E-state index is -0.186. The van der Waals surface area contributed by atoms with E-state index in [-0.39, 0.29) is 18.4 Å². The molecule has 4 aromatic rings. The van der Waals surface area contributed by atoms with Crippen molar-refractivity contribution in [3.63, 3.8) is 0 Å². The second-order valence-electron chi connectivity index (χ2n) is 8.01. The molecule has 1 unspecified atom stereocenters. The van der Waals surface area contributed by atoms with Crippen LogP contribution in [0.25, 0.3) is 22.2 Å². The highest BCUT2D eigenvalue weighted by molar-refractivity contribution is 6.06. The predicted molar refractivity (Wildman–Crippen MR) is 132 cm³/mol. The first kappa shape index (κ1) is 23.1. The van der Waals surface area contributed by atoms with Gasteiger partial charge in [0.05, 0.1) is 23.4 Å². The maximum Gasteiger partial charge on any atom is 0.251 e. The Balaban J connectivity index is 1.47. The van der Waals surface area contributed by atoms with Crippen molar-refractivity contribution in [2.45, 2.75) is 25.9 Å². The van der Waals surface area contributed by atoms with Gasteiger partial charge in [0.15, 0.2) is 0 Å². The van der Waals surface area contributed by atoms with Crippen molar-refractivity contribution >= 4 is 28.4 Å². The highest BCUT2D eigenvalue weighted by Crippen LogP contribution is 2.28. The van der Waals surface area contributed by atoms with Crippen LogP contribution in [0.4, 0.5) is 11.6 Å². The standard InChI is InChI=1S/C25H27N7O2/c1-15(18-4-3-5-19-20(25(34)27-2)7-9-29-23(18)19)6-8-28-22-11-21(31-14-32-22)16-10-17(13-33)24(26)30-12-16/h3-5,7,9-12,14-15,33H,6,8,13H2,1-2H3,(H2,26,30)(H,27,34)(H,28,31,32). The van der Waals surface area contributed by atoms with Crippen LogP contribution in [0.1, 0.15) is 40.7 Å². The number of para-hydroxylation sites is 1. The fourth-order valence-electron chi connectivity index (χ4n) is 3.90. The van der Waals surface area contributed by atoms with Crippen molar-refractivity contribution in [3.8, 4) is 11.3 Å². The molecule has 5 N–H and O–H groups in total.